The van der Waals surface area contributed by atoms with Crippen molar-refractivity contribution >= 4 is 0 Å². The summed E-state index contributed by atoms with van der Waals surface area (Å²) in [7, 11) is 0. The minimum absolute atomic E-state index is 0.0328. The highest BCUT2D eigenvalue weighted by molar-refractivity contribution is 5.40. The van der Waals surface area contributed by atoms with Gasteiger partial charge in [0.2, 0.25) is 0 Å². The molecule has 4 nitrogen and oxygen atoms in total. The Hall–Kier alpha value is -1.26. The van der Waals surface area contributed by atoms with Crippen molar-refractivity contribution in [2.24, 2.45) is 0 Å². The number of aliphatic hydroxyl groups excluding tert-OH is 1. The van der Waals surface area contributed by atoms with Gasteiger partial charge in [0.05, 0.1) is 19.3 Å². The summed E-state index contributed by atoms with van der Waals surface area (Å²) in [6, 6.07) is 5.55. The van der Waals surface area contributed by atoms with Crippen LogP contribution in [0.5, 0.6) is 11.5 Å². The molecular formula is C15H22O4. The fourth-order valence-electron chi connectivity index (χ4n) is 2.07. The molecule has 0 spiro atoms. The molecule has 0 radical (unpaired) electrons. The number of hydrogen-bond acceptors (Lipinski definition) is 4. The van der Waals surface area contributed by atoms with E-state index >= 15 is 0 Å². The predicted octanol–water partition coefficient (Wildman–Crippen LogP) is 2.53. The maximum Gasteiger partial charge on any atom is 0.128 e. The Morgan fingerprint density at radius 3 is 2.95 bits per heavy atom. The highest BCUT2D eigenvalue weighted by Crippen LogP contribution is 2.26. The van der Waals surface area contributed by atoms with Crippen LogP contribution in [0.15, 0.2) is 18.2 Å². The molecule has 1 N–H and O–H groups in total. The van der Waals surface area contributed by atoms with Crippen molar-refractivity contribution in [1.82, 2.24) is 0 Å². The Bertz CT molecular complexity index is 386. The second-order valence-corrected chi connectivity index (χ2v) is 4.72. The zero-order chi connectivity index (χ0) is 13.5. The molecule has 1 aliphatic heterocycles. The van der Waals surface area contributed by atoms with E-state index in [1.807, 2.05) is 18.2 Å². The molecule has 2 rings (SSSR count). The van der Waals surface area contributed by atoms with E-state index in [1.165, 1.54) is 0 Å². The van der Waals surface area contributed by atoms with Crippen LogP contribution in [-0.2, 0) is 11.3 Å². The smallest absolute Gasteiger partial charge is 0.128 e. The Morgan fingerprint density at radius 1 is 1.37 bits per heavy atom. The Balaban J connectivity index is 1.98. The lowest BCUT2D eigenvalue weighted by molar-refractivity contribution is 0.0670. The highest BCUT2D eigenvalue weighted by atomic mass is 16.5. The third kappa shape index (κ3) is 4.11. The van der Waals surface area contributed by atoms with Gasteiger partial charge in [0.1, 0.15) is 18.1 Å². The first-order valence-electron chi connectivity index (χ1n) is 6.94. The molecule has 0 amide bonds. The molecule has 0 bridgehead atoms. The van der Waals surface area contributed by atoms with Gasteiger partial charge in [0.15, 0.2) is 0 Å². The molecule has 1 aromatic rings. The predicted molar refractivity (Wildman–Crippen MR) is 72.6 cm³/mol. The minimum atomic E-state index is -0.0328. The minimum Gasteiger partial charge on any atom is -0.493 e. The lowest BCUT2D eigenvalue weighted by atomic mass is 10.2. The molecule has 1 unspecified atom stereocenters. The Labute approximate surface area is 114 Å². The summed E-state index contributed by atoms with van der Waals surface area (Å²) >= 11 is 0. The maximum atomic E-state index is 9.33. The van der Waals surface area contributed by atoms with Crippen molar-refractivity contribution in [2.75, 3.05) is 19.8 Å². The lowest BCUT2D eigenvalue weighted by Crippen LogP contribution is -2.17. The first-order chi connectivity index (χ1) is 9.33. The van der Waals surface area contributed by atoms with Gasteiger partial charge >= 0.3 is 0 Å². The van der Waals surface area contributed by atoms with Crippen LogP contribution in [0.25, 0.3) is 0 Å². The standard InChI is InChI=1S/C15H22O4/c1-2-7-17-13-6-5-12(10-16)15(9-13)19-11-14-4-3-8-18-14/h5-6,9,14,16H,2-4,7-8,10-11H2,1H3. The number of hydrogen-bond donors (Lipinski definition) is 1. The third-order valence-corrected chi connectivity index (χ3v) is 3.13. The van der Waals surface area contributed by atoms with Gasteiger partial charge < -0.3 is 19.3 Å². The number of aliphatic hydroxyl groups is 1. The van der Waals surface area contributed by atoms with Gasteiger partial charge in [-0.2, -0.15) is 0 Å². The van der Waals surface area contributed by atoms with Gasteiger partial charge in [0.25, 0.3) is 0 Å². The summed E-state index contributed by atoms with van der Waals surface area (Å²) < 4.78 is 16.9. The highest BCUT2D eigenvalue weighted by Gasteiger charge is 2.17. The molecule has 0 aliphatic carbocycles. The molecule has 106 valence electrons. The summed E-state index contributed by atoms with van der Waals surface area (Å²) in [6.45, 7) is 4.07. The molecule has 1 atom stereocenters. The summed E-state index contributed by atoms with van der Waals surface area (Å²) in [4.78, 5) is 0. The monoisotopic (exact) mass is 266 g/mol. The molecule has 1 fully saturated rings. The normalized spacial score (nSPS) is 18.5. The zero-order valence-corrected chi connectivity index (χ0v) is 11.4. The second-order valence-electron chi connectivity index (χ2n) is 4.72. The number of benzene rings is 1. The van der Waals surface area contributed by atoms with Crippen LogP contribution >= 0.6 is 0 Å². The largest absolute Gasteiger partial charge is 0.493 e. The van der Waals surface area contributed by atoms with Crippen LogP contribution in [0.4, 0.5) is 0 Å². The van der Waals surface area contributed by atoms with E-state index in [4.69, 9.17) is 14.2 Å². The topological polar surface area (TPSA) is 47.9 Å². The van der Waals surface area contributed by atoms with E-state index in [0.717, 1.165) is 37.2 Å². The van der Waals surface area contributed by atoms with Crippen molar-refractivity contribution in [3.05, 3.63) is 23.8 Å². The molecule has 1 heterocycles. The van der Waals surface area contributed by atoms with Gasteiger partial charge in [-0.3, -0.25) is 0 Å². The summed E-state index contributed by atoms with van der Waals surface area (Å²) in [5, 5.41) is 9.33. The van der Waals surface area contributed by atoms with Crippen LogP contribution in [0, 0.1) is 0 Å². The fraction of sp³-hybridized carbons (Fsp3) is 0.600. The van der Waals surface area contributed by atoms with Crippen LogP contribution in [0.2, 0.25) is 0 Å². The van der Waals surface area contributed by atoms with E-state index in [2.05, 4.69) is 6.92 Å². The van der Waals surface area contributed by atoms with Crippen LogP contribution < -0.4 is 9.47 Å². The molecule has 1 aromatic carbocycles. The van der Waals surface area contributed by atoms with Gasteiger partial charge in [-0.15, -0.1) is 0 Å². The average Bonchev–Trinajstić information content (AvgIpc) is 2.96. The van der Waals surface area contributed by atoms with Gasteiger partial charge in [-0.1, -0.05) is 6.92 Å². The zero-order valence-electron chi connectivity index (χ0n) is 11.4. The van der Waals surface area contributed by atoms with Crippen molar-refractivity contribution in [3.63, 3.8) is 0 Å². The van der Waals surface area contributed by atoms with Crippen LogP contribution in [0.1, 0.15) is 31.7 Å². The number of ether oxygens (including phenoxy) is 3. The van der Waals surface area contributed by atoms with Gasteiger partial charge in [0, 0.05) is 18.2 Å². The third-order valence-electron chi connectivity index (χ3n) is 3.13. The second kappa shape index (κ2) is 7.36. The Morgan fingerprint density at radius 2 is 2.26 bits per heavy atom. The number of rotatable bonds is 7. The SMILES string of the molecule is CCCOc1ccc(CO)c(OCC2CCCO2)c1. The summed E-state index contributed by atoms with van der Waals surface area (Å²) in [5.41, 5.74) is 0.779. The van der Waals surface area contributed by atoms with Crippen LogP contribution in [0.3, 0.4) is 0 Å². The quantitative estimate of drug-likeness (QED) is 0.824. The van der Waals surface area contributed by atoms with Crippen molar-refractivity contribution in [1.29, 1.82) is 0 Å². The van der Waals surface area contributed by atoms with E-state index in [0.29, 0.717) is 19.0 Å². The van der Waals surface area contributed by atoms with Crippen LogP contribution in [-0.4, -0.2) is 31.0 Å². The molecule has 0 saturated carbocycles. The first-order valence-corrected chi connectivity index (χ1v) is 6.94. The summed E-state index contributed by atoms with van der Waals surface area (Å²) in [5.74, 6) is 1.47. The van der Waals surface area contributed by atoms with Gasteiger partial charge in [-0.25, -0.2) is 0 Å². The van der Waals surface area contributed by atoms with Gasteiger partial charge in [-0.05, 0) is 31.4 Å². The van der Waals surface area contributed by atoms with E-state index in [1.54, 1.807) is 0 Å². The lowest BCUT2D eigenvalue weighted by Gasteiger charge is -2.15. The summed E-state index contributed by atoms with van der Waals surface area (Å²) in [6.07, 6.45) is 3.28. The van der Waals surface area contributed by atoms with Crippen molar-refractivity contribution < 1.29 is 19.3 Å². The van der Waals surface area contributed by atoms with E-state index in [-0.39, 0.29) is 12.7 Å². The van der Waals surface area contributed by atoms with E-state index < -0.39 is 0 Å². The Kier molecular flexibility index (Phi) is 5.48. The molecule has 1 aliphatic rings. The van der Waals surface area contributed by atoms with E-state index in [9.17, 15) is 5.11 Å². The first kappa shape index (κ1) is 14.2. The van der Waals surface area contributed by atoms with Crippen molar-refractivity contribution in [2.45, 2.75) is 38.9 Å². The maximum absolute atomic E-state index is 9.33. The molecule has 1 saturated heterocycles. The molecule has 4 heteroatoms. The molecule has 0 aromatic heterocycles. The fourth-order valence-corrected chi connectivity index (χ4v) is 2.07. The average molecular weight is 266 g/mol. The molecular weight excluding hydrogens is 244 g/mol. The van der Waals surface area contributed by atoms with Crippen molar-refractivity contribution in [3.8, 4) is 11.5 Å². The molecule has 19 heavy (non-hydrogen) atoms.